The van der Waals surface area contributed by atoms with Crippen LogP contribution in [0.25, 0.3) is 0 Å². The quantitative estimate of drug-likeness (QED) is 0.299. The van der Waals surface area contributed by atoms with E-state index < -0.39 is 0 Å². The molecule has 0 aromatic heterocycles. The lowest BCUT2D eigenvalue weighted by Crippen LogP contribution is -2.56. The molecule has 4 aliphatic carbocycles. The minimum absolute atomic E-state index is 0.0495. The van der Waals surface area contributed by atoms with Crippen LogP contribution in [0.2, 0.25) is 0 Å². The van der Waals surface area contributed by atoms with Crippen molar-refractivity contribution in [3.8, 4) is 0 Å². The number of likely N-dealkylation sites (N-methyl/N-ethyl adjacent to an activating group) is 1. The summed E-state index contributed by atoms with van der Waals surface area (Å²) in [5, 5.41) is 6.27. The van der Waals surface area contributed by atoms with E-state index in [9.17, 15) is 9.59 Å². The third-order valence-electron chi connectivity index (χ3n) is 15.2. The highest BCUT2D eigenvalue weighted by molar-refractivity contribution is 5.96. The Morgan fingerprint density at radius 2 is 1.65 bits per heavy atom. The number of ether oxygens (including phenoxy) is 2. The lowest BCUT2D eigenvalue weighted by molar-refractivity contribution is -0.273. The Labute approximate surface area is 278 Å². The second-order valence-electron chi connectivity index (χ2n) is 17.7. The van der Waals surface area contributed by atoms with Gasteiger partial charge in [-0.3, -0.25) is 9.59 Å². The van der Waals surface area contributed by atoms with Gasteiger partial charge in [-0.05, 0) is 124 Å². The maximum Gasteiger partial charge on any atom is 0.229 e. The van der Waals surface area contributed by atoms with Gasteiger partial charge < -0.3 is 29.9 Å². The van der Waals surface area contributed by atoms with Gasteiger partial charge in [0.25, 0.3) is 0 Å². The number of amides is 2. The molecule has 0 aromatic carbocycles. The van der Waals surface area contributed by atoms with Crippen LogP contribution in [0.4, 0.5) is 0 Å². The van der Waals surface area contributed by atoms with E-state index in [2.05, 4.69) is 55.2 Å². The molecule has 4 saturated carbocycles. The summed E-state index contributed by atoms with van der Waals surface area (Å²) in [6.45, 7) is 16.9. The molecule has 0 aromatic rings. The van der Waals surface area contributed by atoms with Gasteiger partial charge in [0.05, 0.1) is 12.7 Å². The molecule has 46 heavy (non-hydrogen) atoms. The fraction of sp³-hybridized carbons (Fsp3) is 0.947. The molecular weight excluding hydrogens is 576 g/mol. The smallest absolute Gasteiger partial charge is 0.229 e. The number of fused-ring (bicyclic) bond motifs is 7. The van der Waals surface area contributed by atoms with E-state index in [1.807, 2.05) is 0 Å². The van der Waals surface area contributed by atoms with E-state index in [1.54, 1.807) is 0 Å². The summed E-state index contributed by atoms with van der Waals surface area (Å²) in [6.07, 6.45) is 13.4. The lowest BCUT2D eigenvalue weighted by atomic mass is 9.44. The Kier molecular flexibility index (Phi) is 9.34. The van der Waals surface area contributed by atoms with Crippen molar-refractivity contribution in [1.29, 1.82) is 0 Å². The normalized spacial score (nSPS) is 47.5. The van der Waals surface area contributed by atoms with Crippen LogP contribution in [-0.4, -0.2) is 92.5 Å². The molecule has 3 aliphatic heterocycles. The predicted molar refractivity (Wildman–Crippen MR) is 180 cm³/mol. The number of hydrogen-bond acceptors (Lipinski definition) is 6. The molecule has 1 spiro atoms. The topological polar surface area (TPSA) is 83.1 Å². The molecule has 0 bridgehead atoms. The van der Waals surface area contributed by atoms with Crippen molar-refractivity contribution in [2.45, 2.75) is 123 Å². The average molecular weight is 641 g/mol. The predicted octanol–water partition coefficient (Wildman–Crippen LogP) is 5.06. The van der Waals surface area contributed by atoms with E-state index in [0.29, 0.717) is 47.2 Å². The van der Waals surface area contributed by atoms with Gasteiger partial charge in [0.2, 0.25) is 11.8 Å². The summed E-state index contributed by atoms with van der Waals surface area (Å²) in [5.74, 6) is 4.19. The average Bonchev–Trinajstić information content (AvgIpc) is 3.47. The number of carbonyl (C=O) groups is 2. The van der Waals surface area contributed by atoms with Crippen LogP contribution >= 0.6 is 0 Å². The molecule has 2 N–H and O–H groups in total. The molecule has 8 nitrogen and oxygen atoms in total. The van der Waals surface area contributed by atoms with E-state index in [4.69, 9.17) is 9.47 Å². The van der Waals surface area contributed by atoms with Crippen LogP contribution in [0, 0.1) is 52.3 Å². The van der Waals surface area contributed by atoms with Crippen molar-refractivity contribution >= 4 is 11.8 Å². The Hall–Kier alpha value is -1.22. The number of piperazine rings is 1. The maximum absolute atomic E-state index is 12.9. The first-order valence-corrected chi connectivity index (χ1v) is 19.3. The molecule has 0 radical (unpaired) electrons. The molecule has 7 rings (SSSR count). The molecule has 3 heterocycles. The zero-order valence-corrected chi connectivity index (χ0v) is 29.7. The van der Waals surface area contributed by atoms with E-state index >= 15 is 0 Å². The zero-order chi connectivity index (χ0) is 32.3. The fourth-order valence-corrected chi connectivity index (χ4v) is 12.5. The Morgan fingerprint density at radius 3 is 2.41 bits per heavy atom. The van der Waals surface area contributed by atoms with Gasteiger partial charge in [-0.2, -0.15) is 0 Å². The summed E-state index contributed by atoms with van der Waals surface area (Å²) >= 11 is 0. The van der Waals surface area contributed by atoms with Crippen molar-refractivity contribution in [3.05, 3.63) is 0 Å². The maximum atomic E-state index is 12.9. The monoisotopic (exact) mass is 640 g/mol. The van der Waals surface area contributed by atoms with Gasteiger partial charge in [0.1, 0.15) is 6.42 Å². The summed E-state index contributed by atoms with van der Waals surface area (Å²) in [7, 11) is 2.17. The number of nitrogens with zero attached hydrogens (tertiary/aromatic N) is 2. The SMILES string of the molecule is C[C@@H]1CC[C@@]2(OC1)O[C@H]1C[C@H]3[C@@H]4CC[C@@H]5CC(NC(=O)CC(=O)NCCCN6CCN(C)CC6)CC[C@]5(C)[C@H]4CC[C@]3(C)[C@H]1[C@@H]2C. The van der Waals surface area contributed by atoms with Crippen LogP contribution in [0.3, 0.4) is 0 Å². The second-order valence-corrected chi connectivity index (χ2v) is 17.7. The van der Waals surface area contributed by atoms with Gasteiger partial charge >= 0.3 is 0 Å². The fourth-order valence-electron chi connectivity index (χ4n) is 12.5. The van der Waals surface area contributed by atoms with Crippen molar-refractivity contribution in [1.82, 2.24) is 20.4 Å². The summed E-state index contributed by atoms with van der Waals surface area (Å²) < 4.78 is 13.5. The summed E-state index contributed by atoms with van der Waals surface area (Å²) in [6, 6.07) is 0.204. The molecule has 7 aliphatic rings. The first kappa shape index (κ1) is 33.3. The van der Waals surface area contributed by atoms with Gasteiger partial charge in [0.15, 0.2) is 5.79 Å². The van der Waals surface area contributed by atoms with Crippen molar-refractivity contribution in [2.75, 3.05) is 52.9 Å². The van der Waals surface area contributed by atoms with Gasteiger partial charge in [-0.15, -0.1) is 0 Å². The number of hydrogen-bond donors (Lipinski definition) is 2. The van der Waals surface area contributed by atoms with Crippen molar-refractivity contribution in [3.63, 3.8) is 0 Å². The van der Waals surface area contributed by atoms with Crippen LogP contribution in [0.1, 0.15) is 105 Å². The third kappa shape index (κ3) is 5.98. The zero-order valence-electron chi connectivity index (χ0n) is 29.7. The molecule has 1 unspecified atom stereocenters. The van der Waals surface area contributed by atoms with Crippen LogP contribution in [0.15, 0.2) is 0 Å². The Morgan fingerprint density at radius 1 is 0.870 bits per heavy atom. The first-order chi connectivity index (χ1) is 22.0. The highest BCUT2D eigenvalue weighted by Crippen LogP contribution is 2.71. The first-order valence-electron chi connectivity index (χ1n) is 19.3. The van der Waals surface area contributed by atoms with Crippen LogP contribution in [-0.2, 0) is 19.1 Å². The molecular formula is C38H64N4O4. The van der Waals surface area contributed by atoms with Gasteiger partial charge in [0, 0.05) is 51.1 Å². The largest absolute Gasteiger partial charge is 0.356 e. The molecule has 7 fully saturated rings. The van der Waals surface area contributed by atoms with Crippen molar-refractivity contribution in [2.24, 2.45) is 52.3 Å². The third-order valence-corrected chi connectivity index (χ3v) is 15.2. The minimum atomic E-state index is -0.329. The van der Waals surface area contributed by atoms with Gasteiger partial charge in [-0.25, -0.2) is 0 Å². The van der Waals surface area contributed by atoms with Crippen molar-refractivity contribution < 1.29 is 19.1 Å². The summed E-state index contributed by atoms with van der Waals surface area (Å²) in [5.41, 5.74) is 0.724. The number of carbonyl (C=O) groups excluding carboxylic acids is 2. The Bertz CT molecular complexity index is 1120. The highest BCUT2D eigenvalue weighted by Gasteiger charge is 2.69. The number of nitrogens with one attached hydrogen (secondary N) is 2. The Balaban J connectivity index is 0.886. The molecule has 8 heteroatoms. The lowest BCUT2D eigenvalue weighted by Gasteiger charge is -2.61. The van der Waals surface area contributed by atoms with Crippen LogP contribution in [0.5, 0.6) is 0 Å². The second kappa shape index (κ2) is 12.9. The van der Waals surface area contributed by atoms with E-state index in [0.717, 1.165) is 82.8 Å². The standard InChI is InChI=1S/C38H64N4O4/c1-25-9-14-38(45-24-25)26(2)35-32(46-38)22-31-29-8-7-27-21-28(10-12-36(27,3)30(29)11-13-37(31,35)4)40-34(44)23-33(43)39-15-6-16-42-19-17-41(5)18-20-42/h25-32,35H,6-24H2,1-5H3,(H,39,43)(H,40,44)/t25-,26+,27-,28?,29-,30+,31+,32+,35+,36+,37+,38-/m1/s1. The minimum Gasteiger partial charge on any atom is -0.356 e. The summed E-state index contributed by atoms with van der Waals surface area (Å²) in [4.78, 5) is 30.3. The number of rotatable bonds is 7. The van der Waals surface area contributed by atoms with E-state index in [-0.39, 0.29) is 30.1 Å². The van der Waals surface area contributed by atoms with Gasteiger partial charge in [-0.1, -0.05) is 27.7 Å². The molecule has 2 amide bonds. The molecule has 3 saturated heterocycles. The molecule has 260 valence electrons. The van der Waals surface area contributed by atoms with Crippen LogP contribution < -0.4 is 10.6 Å². The van der Waals surface area contributed by atoms with E-state index in [1.165, 1.54) is 44.9 Å². The molecule has 12 atom stereocenters. The highest BCUT2D eigenvalue weighted by atomic mass is 16.7.